The molecule has 0 aliphatic rings. The predicted octanol–water partition coefficient (Wildman–Crippen LogP) is 3.09. The predicted molar refractivity (Wildman–Crippen MR) is 94.5 cm³/mol. The molecule has 0 fully saturated rings. The maximum absolute atomic E-state index is 12.6. The number of likely N-dealkylation sites (N-methyl/N-ethyl adjacent to an activating group) is 1. The van der Waals surface area contributed by atoms with Gasteiger partial charge in [0.1, 0.15) is 11.5 Å². The first-order chi connectivity index (χ1) is 11.8. The molecule has 1 aromatic heterocycles. The van der Waals surface area contributed by atoms with Gasteiger partial charge in [0, 0.05) is 30.9 Å². The Morgan fingerprint density at radius 1 is 1.24 bits per heavy atom. The third-order valence-electron chi connectivity index (χ3n) is 3.56. The molecule has 0 aliphatic carbocycles. The summed E-state index contributed by atoms with van der Waals surface area (Å²) < 4.78 is 5.55. The van der Waals surface area contributed by atoms with E-state index in [0.29, 0.717) is 31.1 Å². The number of anilines is 1. The van der Waals surface area contributed by atoms with Crippen molar-refractivity contribution in [2.24, 2.45) is 0 Å². The van der Waals surface area contributed by atoms with Gasteiger partial charge >= 0.3 is 6.03 Å². The van der Waals surface area contributed by atoms with E-state index in [4.69, 9.17) is 4.42 Å². The molecular formula is C17H22N4O4. The van der Waals surface area contributed by atoms with Crippen LogP contribution in [0.1, 0.15) is 11.5 Å². The lowest BCUT2D eigenvalue weighted by Crippen LogP contribution is -2.38. The lowest BCUT2D eigenvalue weighted by atomic mass is 10.3. The van der Waals surface area contributed by atoms with E-state index in [1.54, 1.807) is 11.0 Å². The zero-order valence-electron chi connectivity index (χ0n) is 14.6. The first kappa shape index (κ1) is 18.5. The molecule has 1 aromatic carbocycles. The monoisotopic (exact) mass is 346 g/mol. The van der Waals surface area contributed by atoms with E-state index in [2.05, 4.69) is 5.32 Å². The highest BCUT2D eigenvalue weighted by Crippen LogP contribution is 2.18. The summed E-state index contributed by atoms with van der Waals surface area (Å²) in [5, 5.41) is 13.6. The number of aryl methyl sites for hydroxylation is 1. The summed E-state index contributed by atoms with van der Waals surface area (Å²) in [7, 11) is 3.85. The second-order valence-electron chi connectivity index (χ2n) is 5.97. The number of hydrogen-bond acceptors (Lipinski definition) is 5. The van der Waals surface area contributed by atoms with Crippen LogP contribution in [0.25, 0.3) is 0 Å². The maximum atomic E-state index is 12.6. The highest BCUT2D eigenvalue weighted by Gasteiger charge is 2.17. The summed E-state index contributed by atoms with van der Waals surface area (Å²) >= 11 is 0. The van der Waals surface area contributed by atoms with Crippen LogP contribution in [0.15, 0.2) is 40.8 Å². The van der Waals surface area contributed by atoms with Crippen LogP contribution in [0, 0.1) is 17.0 Å². The van der Waals surface area contributed by atoms with Crippen LogP contribution in [0.3, 0.4) is 0 Å². The fourth-order valence-electron chi connectivity index (χ4n) is 2.23. The van der Waals surface area contributed by atoms with Crippen molar-refractivity contribution >= 4 is 17.4 Å². The second kappa shape index (κ2) is 8.29. The number of nitro benzene ring substituents is 1. The number of amides is 2. The molecule has 0 atom stereocenters. The molecule has 1 heterocycles. The zero-order valence-corrected chi connectivity index (χ0v) is 14.6. The first-order valence-electron chi connectivity index (χ1n) is 7.85. The number of nitro groups is 1. The largest absolute Gasteiger partial charge is 0.464 e. The van der Waals surface area contributed by atoms with Crippen LogP contribution in [0.4, 0.5) is 16.2 Å². The highest BCUT2D eigenvalue weighted by molar-refractivity contribution is 5.89. The third kappa shape index (κ3) is 5.61. The number of urea groups is 1. The minimum absolute atomic E-state index is 0.0701. The lowest BCUT2D eigenvalue weighted by molar-refractivity contribution is -0.384. The smallest absolute Gasteiger partial charge is 0.322 e. The Morgan fingerprint density at radius 3 is 2.60 bits per heavy atom. The topological polar surface area (TPSA) is 91.9 Å². The number of non-ortho nitro benzene ring substituents is 1. The normalized spacial score (nSPS) is 10.7. The average Bonchev–Trinajstić information content (AvgIpc) is 2.96. The number of benzene rings is 1. The molecule has 0 saturated carbocycles. The summed E-state index contributed by atoms with van der Waals surface area (Å²) in [6.07, 6.45) is 0. The molecule has 0 aliphatic heterocycles. The van der Waals surface area contributed by atoms with Crippen LogP contribution < -0.4 is 5.32 Å². The van der Waals surface area contributed by atoms with Gasteiger partial charge in [-0.1, -0.05) is 6.07 Å². The van der Waals surface area contributed by atoms with Crippen LogP contribution in [0.2, 0.25) is 0 Å². The van der Waals surface area contributed by atoms with Crippen molar-refractivity contribution in [2.45, 2.75) is 13.5 Å². The molecule has 25 heavy (non-hydrogen) atoms. The molecule has 2 amide bonds. The molecular weight excluding hydrogens is 324 g/mol. The average molecular weight is 346 g/mol. The molecule has 0 radical (unpaired) electrons. The molecule has 1 N–H and O–H groups in total. The van der Waals surface area contributed by atoms with E-state index in [0.717, 1.165) is 5.76 Å². The number of rotatable bonds is 7. The maximum Gasteiger partial charge on any atom is 0.322 e. The molecule has 8 heteroatoms. The van der Waals surface area contributed by atoms with Gasteiger partial charge in [-0.05, 0) is 39.2 Å². The molecule has 2 aromatic rings. The van der Waals surface area contributed by atoms with Gasteiger partial charge < -0.3 is 19.5 Å². The fraction of sp³-hybridized carbons (Fsp3) is 0.353. The van der Waals surface area contributed by atoms with Gasteiger partial charge in [-0.25, -0.2) is 4.79 Å². The van der Waals surface area contributed by atoms with E-state index in [-0.39, 0.29) is 11.7 Å². The number of furan rings is 1. The van der Waals surface area contributed by atoms with Crippen molar-refractivity contribution in [3.63, 3.8) is 0 Å². The SMILES string of the molecule is Cc1ccc(CN(CCN(C)C)C(=O)Nc2cccc([N+](=O)[O-])c2)o1. The number of hydrogen-bond donors (Lipinski definition) is 1. The number of carbonyl (C=O) groups excluding carboxylic acids is 1. The second-order valence-corrected chi connectivity index (χ2v) is 5.97. The molecule has 0 unspecified atom stereocenters. The van der Waals surface area contributed by atoms with Crippen molar-refractivity contribution < 1.29 is 14.1 Å². The van der Waals surface area contributed by atoms with E-state index in [1.165, 1.54) is 18.2 Å². The number of carbonyl (C=O) groups is 1. The van der Waals surface area contributed by atoms with Gasteiger partial charge in [-0.3, -0.25) is 10.1 Å². The Morgan fingerprint density at radius 2 is 2.00 bits per heavy atom. The Labute approximate surface area is 146 Å². The fourth-order valence-corrected chi connectivity index (χ4v) is 2.23. The third-order valence-corrected chi connectivity index (χ3v) is 3.56. The highest BCUT2D eigenvalue weighted by atomic mass is 16.6. The van der Waals surface area contributed by atoms with Crippen LogP contribution in [-0.2, 0) is 6.54 Å². The first-order valence-corrected chi connectivity index (χ1v) is 7.85. The molecule has 8 nitrogen and oxygen atoms in total. The molecule has 2 rings (SSSR count). The minimum atomic E-state index is -0.495. The van der Waals surface area contributed by atoms with Gasteiger partial charge in [-0.15, -0.1) is 0 Å². The standard InChI is InChI=1S/C17H22N4O4/c1-13-7-8-16(25-13)12-20(10-9-19(2)3)17(22)18-14-5-4-6-15(11-14)21(23)24/h4-8,11H,9-10,12H2,1-3H3,(H,18,22). The van der Waals surface area contributed by atoms with Crippen LogP contribution >= 0.6 is 0 Å². The zero-order chi connectivity index (χ0) is 18.4. The van der Waals surface area contributed by atoms with Crippen molar-refractivity contribution in [1.29, 1.82) is 0 Å². The number of nitrogens with zero attached hydrogens (tertiary/aromatic N) is 3. The van der Waals surface area contributed by atoms with Gasteiger partial charge in [0.05, 0.1) is 11.5 Å². The lowest BCUT2D eigenvalue weighted by Gasteiger charge is -2.24. The molecule has 134 valence electrons. The van der Waals surface area contributed by atoms with Crippen LogP contribution in [-0.4, -0.2) is 47.9 Å². The van der Waals surface area contributed by atoms with Gasteiger partial charge in [0.15, 0.2) is 0 Å². The van der Waals surface area contributed by atoms with E-state index < -0.39 is 4.92 Å². The van der Waals surface area contributed by atoms with Crippen LogP contribution in [0.5, 0.6) is 0 Å². The molecule has 0 saturated heterocycles. The van der Waals surface area contributed by atoms with Crippen molar-refractivity contribution in [3.05, 3.63) is 58.0 Å². The summed E-state index contributed by atoms with van der Waals surface area (Å²) in [6, 6.07) is 9.21. The summed E-state index contributed by atoms with van der Waals surface area (Å²) in [6.45, 7) is 3.34. The van der Waals surface area contributed by atoms with Crippen molar-refractivity contribution in [2.75, 3.05) is 32.5 Å². The van der Waals surface area contributed by atoms with Gasteiger partial charge in [0.25, 0.3) is 5.69 Å². The summed E-state index contributed by atoms with van der Waals surface area (Å²) in [4.78, 5) is 26.5. The van der Waals surface area contributed by atoms with Gasteiger partial charge in [0.2, 0.25) is 0 Å². The van der Waals surface area contributed by atoms with E-state index in [9.17, 15) is 14.9 Å². The molecule has 0 spiro atoms. The molecule has 0 bridgehead atoms. The number of nitrogens with one attached hydrogen (secondary N) is 1. The van der Waals surface area contributed by atoms with E-state index in [1.807, 2.05) is 38.1 Å². The summed E-state index contributed by atoms with van der Waals surface area (Å²) in [5.41, 5.74) is 0.309. The Bertz CT molecular complexity index is 742. The van der Waals surface area contributed by atoms with Crippen molar-refractivity contribution in [3.8, 4) is 0 Å². The van der Waals surface area contributed by atoms with Gasteiger partial charge in [-0.2, -0.15) is 0 Å². The Balaban J connectivity index is 2.10. The Kier molecular flexibility index (Phi) is 6.13. The summed E-state index contributed by atoms with van der Waals surface area (Å²) in [5.74, 6) is 1.46. The van der Waals surface area contributed by atoms with Crippen molar-refractivity contribution in [1.82, 2.24) is 9.80 Å². The minimum Gasteiger partial charge on any atom is -0.464 e. The quantitative estimate of drug-likeness (QED) is 0.614. The van der Waals surface area contributed by atoms with E-state index >= 15 is 0 Å². The Hall–Kier alpha value is -2.87.